The van der Waals surface area contributed by atoms with Crippen molar-refractivity contribution < 1.29 is 0 Å². The summed E-state index contributed by atoms with van der Waals surface area (Å²) in [7, 11) is 0. The lowest BCUT2D eigenvalue weighted by molar-refractivity contribution is 0.805. The van der Waals surface area contributed by atoms with Crippen LogP contribution in [0.4, 0.5) is 0 Å². The molecule has 3 nitrogen and oxygen atoms in total. The van der Waals surface area contributed by atoms with Crippen LogP contribution in [0.25, 0.3) is 5.52 Å². The number of nitrogens with zero attached hydrogens (tertiary/aromatic N) is 3. The van der Waals surface area contributed by atoms with Gasteiger partial charge in [-0.05, 0) is 25.0 Å². The van der Waals surface area contributed by atoms with Gasteiger partial charge in [-0.2, -0.15) is 5.10 Å². The number of hydrogen-bond donors (Lipinski definition) is 0. The molecule has 0 amide bonds. The van der Waals surface area contributed by atoms with Gasteiger partial charge in [0.05, 0.1) is 0 Å². The van der Waals surface area contributed by atoms with E-state index in [9.17, 15) is 0 Å². The SMILES string of the molecule is CC.Clc1nc(C2CC2)nn2cccc12. The van der Waals surface area contributed by atoms with Gasteiger partial charge in [0.15, 0.2) is 11.0 Å². The minimum absolute atomic E-state index is 0.546. The molecular weight excluding hydrogens is 210 g/mol. The smallest absolute Gasteiger partial charge is 0.156 e. The van der Waals surface area contributed by atoms with Gasteiger partial charge in [0.1, 0.15) is 5.52 Å². The van der Waals surface area contributed by atoms with Crippen molar-refractivity contribution in [3.63, 3.8) is 0 Å². The maximum Gasteiger partial charge on any atom is 0.156 e. The van der Waals surface area contributed by atoms with Crippen LogP contribution in [0.1, 0.15) is 38.4 Å². The molecule has 15 heavy (non-hydrogen) atoms. The number of rotatable bonds is 1. The van der Waals surface area contributed by atoms with Crippen LogP contribution in [0.2, 0.25) is 5.15 Å². The Morgan fingerprint density at radius 1 is 1.40 bits per heavy atom. The Labute approximate surface area is 94.1 Å². The highest BCUT2D eigenvalue weighted by Gasteiger charge is 2.27. The highest BCUT2D eigenvalue weighted by Crippen LogP contribution is 2.38. The highest BCUT2D eigenvalue weighted by atomic mass is 35.5. The number of fused-ring (bicyclic) bond motifs is 1. The van der Waals surface area contributed by atoms with Crippen LogP contribution < -0.4 is 0 Å². The van der Waals surface area contributed by atoms with Gasteiger partial charge in [0.25, 0.3) is 0 Å². The molecular formula is C11H14ClN3. The lowest BCUT2D eigenvalue weighted by atomic mass is 10.4. The van der Waals surface area contributed by atoms with E-state index in [1.54, 1.807) is 4.52 Å². The largest absolute Gasteiger partial charge is 0.236 e. The van der Waals surface area contributed by atoms with E-state index >= 15 is 0 Å². The van der Waals surface area contributed by atoms with Crippen molar-refractivity contribution in [2.45, 2.75) is 32.6 Å². The zero-order valence-corrected chi connectivity index (χ0v) is 9.70. The van der Waals surface area contributed by atoms with Crippen molar-refractivity contribution in [1.82, 2.24) is 14.6 Å². The fourth-order valence-corrected chi connectivity index (χ4v) is 1.66. The van der Waals surface area contributed by atoms with Gasteiger partial charge in [-0.1, -0.05) is 25.4 Å². The highest BCUT2D eigenvalue weighted by molar-refractivity contribution is 6.32. The second-order valence-electron chi connectivity index (χ2n) is 3.37. The average molecular weight is 224 g/mol. The lowest BCUT2D eigenvalue weighted by Crippen LogP contribution is -1.99. The van der Waals surface area contributed by atoms with Gasteiger partial charge in [-0.15, -0.1) is 0 Å². The minimum Gasteiger partial charge on any atom is -0.236 e. The van der Waals surface area contributed by atoms with Gasteiger partial charge in [-0.3, -0.25) is 0 Å². The van der Waals surface area contributed by atoms with Gasteiger partial charge in [0.2, 0.25) is 0 Å². The summed E-state index contributed by atoms with van der Waals surface area (Å²) in [6.45, 7) is 4.00. The normalized spacial score (nSPS) is 14.9. The second kappa shape index (κ2) is 4.19. The Kier molecular flexibility index (Phi) is 2.91. The molecule has 0 aromatic carbocycles. The fraction of sp³-hybridized carbons (Fsp3) is 0.455. The molecule has 80 valence electrons. The van der Waals surface area contributed by atoms with E-state index in [0.29, 0.717) is 11.1 Å². The first-order valence-corrected chi connectivity index (χ1v) is 5.73. The summed E-state index contributed by atoms with van der Waals surface area (Å²) >= 11 is 6.00. The number of halogens is 1. The summed E-state index contributed by atoms with van der Waals surface area (Å²) in [5, 5.41) is 4.94. The van der Waals surface area contributed by atoms with Crippen molar-refractivity contribution in [3.8, 4) is 0 Å². The first-order chi connectivity index (χ1) is 7.34. The topological polar surface area (TPSA) is 30.2 Å². The van der Waals surface area contributed by atoms with E-state index in [2.05, 4.69) is 10.1 Å². The molecule has 0 aliphatic heterocycles. The van der Waals surface area contributed by atoms with Gasteiger partial charge < -0.3 is 0 Å². The van der Waals surface area contributed by atoms with Gasteiger partial charge in [0, 0.05) is 12.1 Å². The van der Waals surface area contributed by atoms with Crippen LogP contribution in [-0.4, -0.2) is 14.6 Å². The predicted molar refractivity (Wildman–Crippen MR) is 61.3 cm³/mol. The molecule has 0 bridgehead atoms. The first kappa shape index (κ1) is 10.4. The fourth-order valence-electron chi connectivity index (χ4n) is 1.43. The van der Waals surface area contributed by atoms with Crippen LogP contribution in [0.5, 0.6) is 0 Å². The van der Waals surface area contributed by atoms with E-state index in [0.717, 1.165) is 11.3 Å². The number of aromatic nitrogens is 3. The second-order valence-corrected chi connectivity index (χ2v) is 3.73. The molecule has 1 aliphatic carbocycles. The van der Waals surface area contributed by atoms with Crippen LogP contribution >= 0.6 is 11.6 Å². The third-order valence-electron chi connectivity index (χ3n) is 2.30. The Morgan fingerprint density at radius 2 is 2.13 bits per heavy atom. The molecule has 2 aromatic rings. The molecule has 0 saturated heterocycles. The summed E-state index contributed by atoms with van der Waals surface area (Å²) in [6, 6.07) is 3.84. The van der Waals surface area contributed by atoms with Gasteiger partial charge >= 0.3 is 0 Å². The summed E-state index contributed by atoms with van der Waals surface area (Å²) in [5.41, 5.74) is 0.881. The summed E-state index contributed by atoms with van der Waals surface area (Å²) in [5.74, 6) is 1.43. The molecule has 1 fully saturated rings. The molecule has 0 radical (unpaired) electrons. The zero-order chi connectivity index (χ0) is 10.8. The van der Waals surface area contributed by atoms with Crippen molar-refractivity contribution >= 4 is 17.1 Å². The molecule has 0 unspecified atom stereocenters. The summed E-state index contributed by atoms with van der Waals surface area (Å²) in [6.07, 6.45) is 4.29. The van der Waals surface area contributed by atoms with Gasteiger partial charge in [-0.25, -0.2) is 9.50 Å². The third-order valence-corrected chi connectivity index (χ3v) is 2.58. The minimum atomic E-state index is 0.546. The van der Waals surface area contributed by atoms with E-state index in [4.69, 9.17) is 11.6 Å². The maximum atomic E-state index is 6.00. The molecule has 0 N–H and O–H groups in total. The quantitative estimate of drug-likeness (QED) is 0.743. The standard InChI is InChI=1S/C9H8ClN3.C2H6/c10-8-7-2-1-5-13(7)12-9(11-8)6-3-4-6;1-2/h1-2,5-6H,3-4H2;1-2H3. The molecule has 1 saturated carbocycles. The van der Waals surface area contributed by atoms with Crippen LogP contribution in [0.15, 0.2) is 18.3 Å². The molecule has 2 aromatic heterocycles. The third kappa shape index (κ3) is 1.97. The summed E-state index contributed by atoms with van der Waals surface area (Å²) < 4.78 is 1.79. The average Bonchev–Trinajstić information content (AvgIpc) is 3.00. The maximum absolute atomic E-state index is 6.00. The predicted octanol–water partition coefficient (Wildman–Crippen LogP) is 3.29. The van der Waals surface area contributed by atoms with Crippen molar-refractivity contribution in [2.24, 2.45) is 0 Å². The van der Waals surface area contributed by atoms with Crippen molar-refractivity contribution in [1.29, 1.82) is 0 Å². The Morgan fingerprint density at radius 3 is 2.80 bits per heavy atom. The Hall–Kier alpha value is -1.09. The zero-order valence-electron chi connectivity index (χ0n) is 8.94. The Balaban J connectivity index is 0.000000404. The summed E-state index contributed by atoms with van der Waals surface area (Å²) in [4.78, 5) is 4.27. The molecule has 1 aliphatic rings. The van der Waals surface area contributed by atoms with Crippen LogP contribution in [-0.2, 0) is 0 Å². The van der Waals surface area contributed by atoms with E-state index in [1.807, 2.05) is 32.2 Å². The molecule has 2 heterocycles. The van der Waals surface area contributed by atoms with Crippen LogP contribution in [0, 0.1) is 0 Å². The molecule has 0 atom stereocenters. The van der Waals surface area contributed by atoms with E-state index in [1.165, 1.54) is 12.8 Å². The van der Waals surface area contributed by atoms with Crippen molar-refractivity contribution in [2.75, 3.05) is 0 Å². The van der Waals surface area contributed by atoms with E-state index < -0.39 is 0 Å². The lowest BCUT2D eigenvalue weighted by Gasteiger charge is -2.00. The molecule has 4 heteroatoms. The monoisotopic (exact) mass is 223 g/mol. The number of hydrogen-bond acceptors (Lipinski definition) is 2. The molecule has 3 rings (SSSR count). The Bertz CT molecular complexity index is 460. The first-order valence-electron chi connectivity index (χ1n) is 5.35. The van der Waals surface area contributed by atoms with E-state index in [-0.39, 0.29) is 0 Å². The molecule has 0 spiro atoms. The van der Waals surface area contributed by atoms with Crippen molar-refractivity contribution in [3.05, 3.63) is 29.3 Å². The van der Waals surface area contributed by atoms with Crippen LogP contribution in [0.3, 0.4) is 0 Å².